The van der Waals surface area contributed by atoms with Crippen LogP contribution in [0.5, 0.6) is 5.75 Å². The molecular formula is C26H28ClF2N5O6S. The van der Waals surface area contributed by atoms with Crippen molar-refractivity contribution in [2.75, 3.05) is 24.7 Å². The van der Waals surface area contributed by atoms with Crippen molar-refractivity contribution < 1.29 is 32.2 Å². The first-order chi connectivity index (χ1) is 19.1. The first-order valence-corrected chi connectivity index (χ1v) is 14.6. The number of anilines is 1. The maximum absolute atomic E-state index is 14.3. The van der Waals surface area contributed by atoms with Crippen molar-refractivity contribution in [1.82, 2.24) is 9.97 Å². The van der Waals surface area contributed by atoms with Crippen molar-refractivity contribution in [2.45, 2.75) is 38.5 Å². The third-order valence-corrected chi connectivity index (χ3v) is 6.70. The maximum atomic E-state index is 14.3. The number of carbonyl (C=O) groups excluding carboxylic acids is 1. The molecule has 0 saturated carbocycles. The van der Waals surface area contributed by atoms with E-state index in [0.717, 1.165) is 12.3 Å². The summed E-state index contributed by atoms with van der Waals surface area (Å²) >= 11 is 5.75. The zero-order chi connectivity index (χ0) is 30.4. The fourth-order valence-electron chi connectivity index (χ4n) is 3.54. The molecule has 1 unspecified atom stereocenters. The highest BCUT2D eigenvalue weighted by molar-refractivity contribution is 7.92. The lowest BCUT2D eigenvalue weighted by Crippen LogP contribution is -2.22. The lowest BCUT2D eigenvalue weighted by atomic mass is 10.1. The van der Waals surface area contributed by atoms with Crippen LogP contribution in [0, 0.1) is 21.7 Å². The second kappa shape index (κ2) is 13.2. The van der Waals surface area contributed by atoms with Crippen LogP contribution in [-0.2, 0) is 20.2 Å². The van der Waals surface area contributed by atoms with Crippen molar-refractivity contribution in [2.24, 2.45) is 4.36 Å². The molecule has 2 aromatic carbocycles. The van der Waals surface area contributed by atoms with E-state index in [0.29, 0.717) is 12.0 Å². The Morgan fingerprint density at radius 2 is 1.93 bits per heavy atom. The first kappa shape index (κ1) is 31.6. The van der Waals surface area contributed by atoms with Gasteiger partial charge >= 0.3 is 6.09 Å². The Hall–Kier alpha value is -3.91. The third kappa shape index (κ3) is 9.90. The van der Waals surface area contributed by atoms with Crippen molar-refractivity contribution in [3.63, 3.8) is 0 Å². The van der Waals surface area contributed by atoms with Crippen LogP contribution < -0.4 is 10.1 Å². The summed E-state index contributed by atoms with van der Waals surface area (Å²) in [6.07, 6.45) is 1.54. The summed E-state index contributed by atoms with van der Waals surface area (Å²) in [4.78, 5) is 30.2. The normalized spacial score (nSPS) is 12.8. The molecule has 220 valence electrons. The van der Waals surface area contributed by atoms with Gasteiger partial charge in [-0.05, 0) is 68.6 Å². The number of nitrogens with one attached hydrogen (secondary N) is 1. The van der Waals surface area contributed by atoms with E-state index in [1.807, 2.05) is 0 Å². The molecule has 0 bridgehead atoms. The Morgan fingerprint density at radius 3 is 2.61 bits per heavy atom. The molecule has 3 rings (SSSR count). The summed E-state index contributed by atoms with van der Waals surface area (Å²) in [6.45, 7) is 5.26. The van der Waals surface area contributed by atoms with Gasteiger partial charge in [-0.15, -0.1) is 4.36 Å². The van der Waals surface area contributed by atoms with Gasteiger partial charge in [0.25, 0.3) is 5.69 Å². The Kier molecular flexibility index (Phi) is 10.2. The predicted molar refractivity (Wildman–Crippen MR) is 151 cm³/mol. The second-order valence-electron chi connectivity index (χ2n) is 9.93. The Labute approximate surface area is 240 Å². The predicted octanol–water partition coefficient (Wildman–Crippen LogP) is 6.40. The fraction of sp³-hybridized carbons (Fsp3) is 0.346. The highest BCUT2D eigenvalue weighted by Crippen LogP contribution is 2.27. The summed E-state index contributed by atoms with van der Waals surface area (Å²) in [7, 11) is -3.12. The molecule has 11 nitrogen and oxygen atoms in total. The van der Waals surface area contributed by atoms with Gasteiger partial charge in [0.15, 0.2) is 5.82 Å². The maximum Gasteiger partial charge on any atom is 0.442 e. The number of nitro groups is 1. The van der Waals surface area contributed by atoms with Crippen LogP contribution in [0.25, 0.3) is 11.3 Å². The average molecular weight is 612 g/mol. The Morgan fingerprint density at radius 1 is 1.20 bits per heavy atom. The number of non-ortho nitro benzene ring substituents is 1. The number of rotatable bonds is 10. The molecular weight excluding hydrogens is 584 g/mol. The van der Waals surface area contributed by atoms with Crippen LogP contribution in [0.2, 0.25) is 5.28 Å². The molecule has 0 saturated heterocycles. The number of nitro benzene ring substituents is 1. The molecule has 0 radical (unpaired) electrons. The van der Waals surface area contributed by atoms with Gasteiger partial charge in [-0.1, -0.05) is 0 Å². The highest BCUT2D eigenvalue weighted by Gasteiger charge is 2.19. The van der Waals surface area contributed by atoms with Crippen molar-refractivity contribution in [3.8, 4) is 17.0 Å². The molecule has 0 aliphatic heterocycles. The van der Waals surface area contributed by atoms with Gasteiger partial charge in [-0.3, -0.25) is 10.1 Å². The SMILES string of the molecule is CC(C)(C)OC(=O)N=S(C)(=O)Cc1cc(OCCCNc2cc(-c3nc(Cl)ncc3F)ccc2F)cc([N+](=O)[O-])c1. The molecule has 0 aliphatic carbocycles. The van der Waals surface area contributed by atoms with E-state index in [2.05, 4.69) is 19.6 Å². The average Bonchev–Trinajstić information content (AvgIpc) is 2.84. The largest absolute Gasteiger partial charge is 0.493 e. The number of ether oxygens (including phenoxy) is 2. The molecule has 1 aromatic heterocycles. The smallest absolute Gasteiger partial charge is 0.442 e. The summed E-state index contributed by atoms with van der Waals surface area (Å²) in [5.41, 5.74) is -0.521. The summed E-state index contributed by atoms with van der Waals surface area (Å²) in [6, 6.07) is 7.82. The van der Waals surface area contributed by atoms with E-state index < -0.39 is 38.0 Å². The molecule has 0 fully saturated rings. The number of aromatic nitrogens is 2. The highest BCUT2D eigenvalue weighted by atomic mass is 35.5. The molecule has 0 spiro atoms. The van der Waals surface area contributed by atoms with E-state index in [1.54, 1.807) is 20.8 Å². The van der Waals surface area contributed by atoms with Crippen LogP contribution in [0.3, 0.4) is 0 Å². The molecule has 41 heavy (non-hydrogen) atoms. The number of halogens is 3. The molecule has 3 aromatic rings. The number of amides is 1. The van der Waals surface area contributed by atoms with E-state index in [9.17, 15) is 27.9 Å². The van der Waals surface area contributed by atoms with Gasteiger partial charge in [0, 0.05) is 24.4 Å². The lowest BCUT2D eigenvalue weighted by molar-refractivity contribution is -0.385. The van der Waals surface area contributed by atoms with Gasteiger partial charge in [0.2, 0.25) is 5.28 Å². The van der Waals surface area contributed by atoms with E-state index in [-0.39, 0.29) is 52.6 Å². The van der Waals surface area contributed by atoms with Gasteiger partial charge in [0.05, 0.1) is 45.0 Å². The second-order valence-corrected chi connectivity index (χ2v) is 12.7. The lowest BCUT2D eigenvalue weighted by Gasteiger charge is -2.17. The standard InChI is InChI=1S/C26H28ClF2N5O6S/c1-26(2,3)40-25(35)33-41(4,38)15-16-10-18(34(36)37)13-19(11-16)39-9-5-8-30-22-12-17(6-7-20(22)28)23-21(29)14-31-24(27)32-23/h6-7,10-14,30H,5,8-9,15H2,1-4H3. The quantitative estimate of drug-likeness (QED) is 0.119. The van der Waals surface area contributed by atoms with Crippen molar-refractivity contribution >= 4 is 38.8 Å². The zero-order valence-corrected chi connectivity index (χ0v) is 24.2. The minimum atomic E-state index is -3.12. The van der Waals surface area contributed by atoms with Crippen LogP contribution in [-0.4, -0.2) is 50.2 Å². The molecule has 1 heterocycles. The molecule has 1 atom stereocenters. The number of carbonyl (C=O) groups is 1. The molecule has 15 heteroatoms. The van der Waals surface area contributed by atoms with Crippen molar-refractivity contribution in [1.29, 1.82) is 0 Å². The minimum Gasteiger partial charge on any atom is -0.493 e. The Bertz CT molecular complexity index is 1570. The molecule has 1 amide bonds. The van der Waals surface area contributed by atoms with Gasteiger partial charge in [-0.25, -0.2) is 27.8 Å². The molecule has 0 aliphatic rings. The Balaban J connectivity index is 1.64. The van der Waals surface area contributed by atoms with Crippen LogP contribution in [0.4, 0.5) is 25.0 Å². The summed E-state index contributed by atoms with van der Waals surface area (Å²) in [5, 5.41) is 14.2. The zero-order valence-electron chi connectivity index (χ0n) is 22.7. The summed E-state index contributed by atoms with van der Waals surface area (Å²) in [5.74, 6) is -1.39. The van der Waals surface area contributed by atoms with Crippen LogP contribution in [0.1, 0.15) is 32.8 Å². The molecule has 1 N–H and O–H groups in total. The number of benzene rings is 2. The van der Waals surface area contributed by atoms with Gasteiger partial charge in [-0.2, -0.15) is 0 Å². The van der Waals surface area contributed by atoms with E-state index in [1.165, 1.54) is 36.6 Å². The van der Waals surface area contributed by atoms with E-state index >= 15 is 0 Å². The number of hydrogen-bond acceptors (Lipinski definition) is 9. The van der Waals surface area contributed by atoms with Crippen LogP contribution in [0.15, 0.2) is 47.0 Å². The first-order valence-electron chi connectivity index (χ1n) is 12.2. The van der Waals surface area contributed by atoms with Gasteiger partial charge in [0.1, 0.15) is 22.9 Å². The van der Waals surface area contributed by atoms with Crippen LogP contribution >= 0.6 is 11.6 Å². The summed E-state index contributed by atoms with van der Waals surface area (Å²) < 4.78 is 55.7. The minimum absolute atomic E-state index is 0.0761. The van der Waals surface area contributed by atoms with E-state index in [4.69, 9.17) is 21.1 Å². The monoisotopic (exact) mass is 611 g/mol. The third-order valence-electron chi connectivity index (χ3n) is 5.12. The van der Waals surface area contributed by atoms with Gasteiger partial charge < -0.3 is 14.8 Å². The number of hydrogen-bond donors (Lipinski definition) is 1. The van der Waals surface area contributed by atoms with Crippen molar-refractivity contribution in [3.05, 3.63) is 75.2 Å². The topological polar surface area (TPSA) is 146 Å². The number of nitrogens with zero attached hydrogens (tertiary/aromatic N) is 4. The fourth-order valence-corrected chi connectivity index (χ4v) is 4.87.